The van der Waals surface area contributed by atoms with Crippen LogP contribution in [0.2, 0.25) is 0 Å². The maximum atomic E-state index is 15.0. The van der Waals surface area contributed by atoms with Crippen LogP contribution in [0.4, 0.5) is 20.6 Å². The molecule has 3 atom stereocenters. The molecule has 2 fully saturated rings. The molecule has 3 unspecified atom stereocenters. The van der Waals surface area contributed by atoms with Gasteiger partial charge in [0.05, 0.1) is 12.0 Å². The highest BCUT2D eigenvalue weighted by Crippen LogP contribution is 2.31. The van der Waals surface area contributed by atoms with Gasteiger partial charge in [-0.3, -0.25) is 14.9 Å². The van der Waals surface area contributed by atoms with Crippen LogP contribution in [0.1, 0.15) is 55.2 Å². The molecule has 0 aromatic heterocycles. The lowest BCUT2D eigenvalue weighted by molar-refractivity contribution is -0.134. The van der Waals surface area contributed by atoms with Crippen LogP contribution in [-0.2, 0) is 14.3 Å². The number of amides is 3. The number of rotatable bonds is 9. The van der Waals surface area contributed by atoms with Gasteiger partial charge in [-0.05, 0) is 69.1 Å². The van der Waals surface area contributed by atoms with Crippen LogP contribution in [0.25, 0.3) is 0 Å². The Morgan fingerprint density at radius 3 is 2.55 bits per heavy atom. The predicted molar refractivity (Wildman–Crippen MR) is 170 cm³/mol. The summed E-state index contributed by atoms with van der Waals surface area (Å²) in [4.78, 5) is 40.1. The van der Waals surface area contributed by atoms with E-state index < -0.39 is 23.7 Å². The molecule has 0 bridgehead atoms. The molecule has 0 spiro atoms. The third kappa shape index (κ3) is 7.97. The van der Waals surface area contributed by atoms with Crippen LogP contribution in [0.3, 0.4) is 0 Å². The Morgan fingerprint density at radius 1 is 1.24 bits per heavy atom. The highest BCUT2D eigenvalue weighted by molar-refractivity contribution is 7.27. The van der Waals surface area contributed by atoms with E-state index in [1.807, 2.05) is 24.9 Å². The molecular weight excluding hydrogens is 554 g/mol. The molecule has 0 aliphatic carbocycles. The number of aryl methyl sites for hydroxylation is 2. The topological polar surface area (TPSA) is 91.0 Å². The molecule has 0 radical (unpaired) electrons. The number of benzene rings is 2. The lowest BCUT2D eigenvalue weighted by Crippen LogP contribution is -2.59. The van der Waals surface area contributed by atoms with Gasteiger partial charge in [-0.2, -0.15) is 0 Å². The monoisotopic (exact) mass is 596 g/mol. The number of halogens is 1. The van der Waals surface area contributed by atoms with Crippen molar-refractivity contribution in [3.63, 3.8) is 0 Å². The average molecular weight is 597 g/mol. The normalized spacial score (nSPS) is 17.3. The first kappa shape index (κ1) is 32.8. The zero-order valence-corrected chi connectivity index (χ0v) is 26.1. The van der Waals surface area contributed by atoms with Crippen molar-refractivity contribution in [3.8, 4) is 0 Å². The number of nitrogens with zero attached hydrogens (tertiary/aromatic N) is 2. The van der Waals surface area contributed by atoms with Crippen LogP contribution >= 0.6 is 9.24 Å². The molecule has 8 nitrogen and oxygen atoms in total. The maximum absolute atomic E-state index is 15.0. The van der Waals surface area contributed by atoms with Crippen LogP contribution in [0.15, 0.2) is 55.8 Å². The minimum atomic E-state index is -0.689. The molecule has 2 aromatic rings. The Morgan fingerprint density at radius 2 is 1.93 bits per heavy atom. The van der Waals surface area contributed by atoms with Gasteiger partial charge >= 0.3 is 6.09 Å². The van der Waals surface area contributed by atoms with Crippen molar-refractivity contribution in [2.24, 2.45) is 0 Å². The fourth-order valence-corrected chi connectivity index (χ4v) is 5.77. The van der Waals surface area contributed by atoms with E-state index in [0.717, 1.165) is 11.4 Å². The minimum absolute atomic E-state index is 0.115. The van der Waals surface area contributed by atoms with Gasteiger partial charge in [0.1, 0.15) is 11.9 Å². The van der Waals surface area contributed by atoms with Gasteiger partial charge in [0.15, 0.2) is 0 Å². The number of hydrogen-bond donors (Lipinski definition) is 2. The number of carbonyl (C=O) groups is 3. The summed E-state index contributed by atoms with van der Waals surface area (Å²) in [5.41, 5.74) is 5.42. The number of hydrogen-bond acceptors (Lipinski definition) is 6. The molecule has 2 aromatic carbocycles. The maximum Gasteiger partial charge on any atom is 0.407 e. The van der Waals surface area contributed by atoms with Crippen molar-refractivity contribution in [2.75, 3.05) is 29.9 Å². The van der Waals surface area contributed by atoms with E-state index in [9.17, 15) is 14.4 Å². The van der Waals surface area contributed by atoms with Crippen LogP contribution in [0.5, 0.6) is 0 Å². The summed E-state index contributed by atoms with van der Waals surface area (Å²) in [7, 11) is 4.49. The lowest BCUT2D eigenvalue weighted by Gasteiger charge is -2.41. The Kier molecular flexibility index (Phi) is 11.3. The molecule has 2 N–H and O–H groups in total. The molecule has 3 amide bonds. The second-order valence-corrected chi connectivity index (χ2v) is 11.5. The van der Waals surface area contributed by atoms with Crippen molar-refractivity contribution in [3.05, 3.63) is 78.3 Å². The van der Waals surface area contributed by atoms with Crippen molar-refractivity contribution in [1.29, 1.82) is 0 Å². The third-order valence-electron chi connectivity index (χ3n) is 7.64. The van der Waals surface area contributed by atoms with Gasteiger partial charge in [0.2, 0.25) is 11.8 Å². The number of imide groups is 1. The second kappa shape index (κ2) is 14.5. The standard InChI is InChI=1S/C30H38FN4O4P.C2H4/c1-17-6-10-25(18(2)12-17)34(5)19(3)7-8-20(4)39-30(38)32-21-15-35(16-21)22-13-24(31)28(26(40)14-22)23-9-11-27(36)33-29(23)37;1-2/h6,10,12-14,20-21,23H,3,7-9,11,15-16,40H2,1-2,4-5H3,(H,32,38)(H,33,36,37);1-2H2. The number of ether oxygens (including phenoxy) is 1. The summed E-state index contributed by atoms with van der Waals surface area (Å²) >= 11 is 0. The Labute approximate surface area is 250 Å². The van der Waals surface area contributed by atoms with E-state index >= 15 is 4.39 Å². The largest absolute Gasteiger partial charge is 0.447 e. The van der Waals surface area contributed by atoms with Crippen molar-refractivity contribution < 1.29 is 23.5 Å². The number of alkyl carbamates (subject to hydrolysis) is 1. The van der Waals surface area contributed by atoms with Gasteiger partial charge in [0, 0.05) is 49.2 Å². The first-order valence-corrected chi connectivity index (χ1v) is 14.6. The molecule has 10 heteroatoms. The Balaban J connectivity index is 0.00000237. The minimum Gasteiger partial charge on any atom is -0.447 e. The van der Waals surface area contributed by atoms with Crippen molar-refractivity contribution in [2.45, 2.75) is 64.5 Å². The van der Waals surface area contributed by atoms with Crippen molar-refractivity contribution >= 4 is 43.8 Å². The second-order valence-electron chi connectivity index (χ2n) is 10.9. The zero-order chi connectivity index (χ0) is 31.1. The summed E-state index contributed by atoms with van der Waals surface area (Å²) in [6.45, 7) is 17.3. The number of allylic oxidation sites excluding steroid dienone is 1. The number of piperidine rings is 1. The molecule has 4 rings (SSSR count). The number of carbonyl (C=O) groups excluding carboxylic acids is 3. The third-order valence-corrected chi connectivity index (χ3v) is 8.12. The smallest absolute Gasteiger partial charge is 0.407 e. The molecule has 2 heterocycles. The predicted octanol–water partition coefficient (Wildman–Crippen LogP) is 5.00. The van der Waals surface area contributed by atoms with E-state index in [1.54, 1.807) is 0 Å². The van der Waals surface area contributed by atoms with Crippen molar-refractivity contribution in [1.82, 2.24) is 10.6 Å². The summed E-state index contributed by atoms with van der Waals surface area (Å²) in [5, 5.41) is 5.75. The number of anilines is 2. The summed E-state index contributed by atoms with van der Waals surface area (Å²) in [5.74, 6) is -1.97. The van der Waals surface area contributed by atoms with Gasteiger partial charge < -0.3 is 19.9 Å². The van der Waals surface area contributed by atoms with Crippen LogP contribution in [-0.4, -0.2) is 50.2 Å². The SMILES string of the molecule is C=C.C=C(CCC(C)OC(=O)NC1CN(c2cc(F)c(C3CCC(=O)NC3=O)c(P)c2)C1)N(C)c1ccc(C)cc1C. The molecule has 2 aliphatic rings. The average Bonchev–Trinajstić information content (AvgIpc) is 2.90. The van der Waals surface area contributed by atoms with Gasteiger partial charge in [-0.25, -0.2) is 9.18 Å². The molecule has 226 valence electrons. The fraction of sp³-hybridized carbons (Fsp3) is 0.406. The fourth-order valence-electron chi connectivity index (χ4n) is 5.26. The molecular formula is C32H42FN4O4P. The van der Waals surface area contributed by atoms with Gasteiger partial charge in [0.25, 0.3) is 0 Å². The number of nitrogens with one attached hydrogen (secondary N) is 2. The van der Waals surface area contributed by atoms with E-state index in [-0.39, 0.29) is 30.9 Å². The summed E-state index contributed by atoms with van der Waals surface area (Å²) < 4.78 is 20.6. The van der Waals surface area contributed by atoms with E-state index in [2.05, 4.69) is 76.6 Å². The van der Waals surface area contributed by atoms with E-state index in [4.69, 9.17) is 4.74 Å². The zero-order valence-electron chi connectivity index (χ0n) is 25.0. The quantitative estimate of drug-likeness (QED) is 0.241. The van der Waals surface area contributed by atoms with E-state index in [0.29, 0.717) is 42.5 Å². The summed E-state index contributed by atoms with van der Waals surface area (Å²) in [6, 6.07) is 9.42. The molecule has 0 saturated carbocycles. The highest BCUT2D eigenvalue weighted by Gasteiger charge is 2.34. The molecule has 2 aliphatic heterocycles. The van der Waals surface area contributed by atoms with E-state index in [1.165, 1.54) is 17.2 Å². The first-order chi connectivity index (χ1) is 19.9. The van der Waals surface area contributed by atoms with Crippen LogP contribution < -0.4 is 25.7 Å². The van der Waals surface area contributed by atoms with Gasteiger partial charge in [-0.1, -0.05) is 24.3 Å². The molecule has 2 saturated heterocycles. The first-order valence-electron chi connectivity index (χ1n) is 14.1. The lowest BCUT2D eigenvalue weighted by atomic mass is 9.89. The Bertz CT molecular complexity index is 1320. The van der Waals surface area contributed by atoms with Gasteiger partial charge in [-0.15, -0.1) is 22.4 Å². The summed E-state index contributed by atoms with van der Waals surface area (Å²) in [6.07, 6.45) is 1.05. The Hall–Kier alpha value is -3.71. The van der Waals surface area contributed by atoms with Crippen LogP contribution in [0, 0.1) is 19.7 Å². The molecule has 42 heavy (non-hydrogen) atoms. The highest BCUT2D eigenvalue weighted by atomic mass is 31.0.